The number of pyridine rings is 1. The second kappa shape index (κ2) is 8.83. The summed E-state index contributed by atoms with van der Waals surface area (Å²) in [6, 6.07) is 13.3. The molecule has 0 bridgehead atoms. The Kier molecular flexibility index (Phi) is 5.81. The minimum absolute atomic E-state index is 0.474. The van der Waals surface area contributed by atoms with E-state index in [1.807, 2.05) is 49.4 Å². The zero-order chi connectivity index (χ0) is 20.1. The number of nitrogens with zero attached hydrogens (tertiary/aromatic N) is 6. The molecule has 0 radical (unpaired) electrons. The number of ether oxygens (including phenoxy) is 1. The van der Waals surface area contributed by atoms with Crippen LogP contribution in [0.25, 0.3) is 0 Å². The molecule has 1 aliphatic rings. The van der Waals surface area contributed by atoms with Gasteiger partial charge in [0.25, 0.3) is 0 Å². The minimum atomic E-state index is 0.474. The molecule has 3 aromatic rings. The lowest BCUT2D eigenvalue weighted by Crippen LogP contribution is -2.45. The number of rotatable bonds is 6. The summed E-state index contributed by atoms with van der Waals surface area (Å²) in [5.41, 5.74) is 0. The maximum atomic E-state index is 5.98. The highest BCUT2D eigenvalue weighted by Crippen LogP contribution is 2.29. The van der Waals surface area contributed by atoms with Crippen LogP contribution in [0.15, 0.2) is 48.7 Å². The molecule has 0 unspecified atom stereocenters. The summed E-state index contributed by atoms with van der Waals surface area (Å²) in [6.45, 7) is 5.82. The smallest absolute Gasteiger partial charge is 0.233 e. The lowest BCUT2D eigenvalue weighted by molar-refractivity contribution is 0.311. The molecule has 4 rings (SSSR count). The van der Waals surface area contributed by atoms with Crippen molar-refractivity contribution in [3.05, 3.63) is 54.5 Å². The molecule has 8 heteroatoms. The lowest BCUT2D eigenvalue weighted by atomic mass is 10.3. The van der Waals surface area contributed by atoms with E-state index < -0.39 is 0 Å². The number of aryl methyl sites for hydroxylation is 1. The van der Waals surface area contributed by atoms with E-state index in [1.54, 1.807) is 6.20 Å². The first-order chi connectivity index (χ1) is 14.2. The number of hydrogen-bond acceptors (Lipinski definition) is 8. The van der Waals surface area contributed by atoms with Gasteiger partial charge in [-0.3, -0.25) is 0 Å². The van der Waals surface area contributed by atoms with Gasteiger partial charge in [0.15, 0.2) is 11.6 Å². The number of nitrogens with one attached hydrogen (secondary N) is 1. The average Bonchev–Trinajstić information content (AvgIpc) is 2.76. The van der Waals surface area contributed by atoms with Crippen molar-refractivity contribution in [3.63, 3.8) is 0 Å². The van der Waals surface area contributed by atoms with E-state index in [9.17, 15) is 0 Å². The zero-order valence-electron chi connectivity index (χ0n) is 16.7. The van der Waals surface area contributed by atoms with Gasteiger partial charge >= 0.3 is 0 Å². The van der Waals surface area contributed by atoms with Crippen LogP contribution in [0, 0.1) is 0 Å². The fraction of sp³-hybridized carbons (Fsp3) is 0.333. The minimum Gasteiger partial charge on any atom is -0.453 e. The van der Waals surface area contributed by atoms with Crippen LogP contribution in [0.3, 0.4) is 0 Å². The van der Waals surface area contributed by atoms with E-state index in [4.69, 9.17) is 4.74 Å². The first-order valence-electron chi connectivity index (χ1n) is 9.84. The molecule has 2 aromatic heterocycles. The molecule has 1 aliphatic heterocycles. The van der Waals surface area contributed by atoms with Crippen molar-refractivity contribution in [3.8, 4) is 11.5 Å². The summed E-state index contributed by atoms with van der Waals surface area (Å²) in [7, 11) is 2.13. The Labute approximate surface area is 170 Å². The highest BCUT2D eigenvalue weighted by molar-refractivity contribution is 5.58. The fourth-order valence-electron chi connectivity index (χ4n) is 3.06. The Morgan fingerprint density at radius 1 is 0.966 bits per heavy atom. The van der Waals surface area contributed by atoms with Crippen molar-refractivity contribution in [2.45, 2.75) is 13.3 Å². The number of anilines is 3. The molecule has 0 spiro atoms. The molecule has 1 aromatic carbocycles. The third-order valence-electron chi connectivity index (χ3n) is 4.74. The molecule has 0 atom stereocenters. The number of benzene rings is 1. The van der Waals surface area contributed by atoms with E-state index in [0.717, 1.165) is 44.2 Å². The van der Waals surface area contributed by atoms with Gasteiger partial charge in [-0.25, -0.2) is 4.98 Å². The lowest BCUT2D eigenvalue weighted by Gasteiger charge is -2.32. The van der Waals surface area contributed by atoms with Gasteiger partial charge in [0.05, 0.1) is 0 Å². The Hall–Kier alpha value is -3.26. The average molecular weight is 391 g/mol. The number of piperazine rings is 1. The maximum Gasteiger partial charge on any atom is 0.233 e. The van der Waals surface area contributed by atoms with Crippen LogP contribution in [0.5, 0.6) is 11.5 Å². The molecule has 0 amide bonds. The highest BCUT2D eigenvalue weighted by atomic mass is 16.5. The molecule has 8 nitrogen and oxygen atoms in total. The number of likely N-dealkylation sites (N-methyl/N-ethyl adjacent to an activating group) is 1. The zero-order valence-corrected chi connectivity index (χ0v) is 16.7. The second-order valence-corrected chi connectivity index (χ2v) is 6.91. The monoisotopic (exact) mass is 391 g/mol. The molecule has 1 fully saturated rings. The van der Waals surface area contributed by atoms with Crippen molar-refractivity contribution in [1.29, 1.82) is 0 Å². The number of aromatic nitrogens is 4. The van der Waals surface area contributed by atoms with E-state index in [2.05, 4.69) is 42.1 Å². The molecule has 0 aliphatic carbocycles. The van der Waals surface area contributed by atoms with Gasteiger partial charge in [-0.05, 0) is 31.3 Å². The van der Waals surface area contributed by atoms with Gasteiger partial charge in [0.1, 0.15) is 11.6 Å². The van der Waals surface area contributed by atoms with Crippen molar-refractivity contribution in [2.24, 2.45) is 0 Å². The Balaban J connectivity index is 1.58. The van der Waals surface area contributed by atoms with Gasteiger partial charge in [0.2, 0.25) is 11.9 Å². The van der Waals surface area contributed by atoms with E-state index in [1.165, 1.54) is 0 Å². The highest BCUT2D eigenvalue weighted by Gasteiger charge is 2.19. The van der Waals surface area contributed by atoms with Crippen LogP contribution in [-0.4, -0.2) is 58.1 Å². The SMILES string of the molecule is CCc1nc(Nc2ncccc2Oc2ccccc2)nc(N2CCN(C)CC2)n1. The summed E-state index contributed by atoms with van der Waals surface area (Å²) in [4.78, 5) is 22.7. The van der Waals surface area contributed by atoms with Crippen LogP contribution >= 0.6 is 0 Å². The van der Waals surface area contributed by atoms with Crippen molar-refractivity contribution < 1.29 is 4.74 Å². The molecule has 150 valence electrons. The largest absolute Gasteiger partial charge is 0.453 e. The predicted octanol–water partition coefficient (Wildman–Crippen LogP) is 3.12. The van der Waals surface area contributed by atoms with Crippen LogP contribution in [0.4, 0.5) is 17.7 Å². The summed E-state index contributed by atoms with van der Waals surface area (Å²) in [5, 5.41) is 3.22. The molecule has 1 N–H and O–H groups in total. The van der Waals surface area contributed by atoms with E-state index in [-0.39, 0.29) is 0 Å². The van der Waals surface area contributed by atoms with Crippen LogP contribution < -0.4 is 15.0 Å². The Morgan fingerprint density at radius 3 is 2.52 bits per heavy atom. The summed E-state index contributed by atoms with van der Waals surface area (Å²) >= 11 is 0. The maximum absolute atomic E-state index is 5.98. The third-order valence-corrected chi connectivity index (χ3v) is 4.74. The Morgan fingerprint density at radius 2 is 1.76 bits per heavy atom. The van der Waals surface area contributed by atoms with Crippen LogP contribution in [-0.2, 0) is 6.42 Å². The van der Waals surface area contributed by atoms with Crippen LogP contribution in [0.1, 0.15) is 12.7 Å². The Bertz CT molecular complexity index is 943. The molecule has 0 saturated carbocycles. The third kappa shape index (κ3) is 4.78. The summed E-state index contributed by atoms with van der Waals surface area (Å²) in [5.74, 6) is 3.84. The summed E-state index contributed by atoms with van der Waals surface area (Å²) < 4.78 is 5.98. The van der Waals surface area contributed by atoms with Crippen LogP contribution in [0.2, 0.25) is 0 Å². The number of hydrogen-bond donors (Lipinski definition) is 1. The van der Waals surface area contributed by atoms with Crippen molar-refractivity contribution in [2.75, 3.05) is 43.4 Å². The van der Waals surface area contributed by atoms with Gasteiger partial charge < -0.3 is 19.9 Å². The first kappa shape index (κ1) is 19.1. The van der Waals surface area contributed by atoms with Crippen molar-refractivity contribution in [1.82, 2.24) is 24.8 Å². The fourth-order valence-corrected chi connectivity index (χ4v) is 3.06. The van der Waals surface area contributed by atoms with Gasteiger partial charge in [-0.2, -0.15) is 15.0 Å². The quantitative estimate of drug-likeness (QED) is 0.687. The molecular weight excluding hydrogens is 366 g/mol. The van der Waals surface area contributed by atoms with E-state index in [0.29, 0.717) is 23.5 Å². The number of para-hydroxylation sites is 1. The second-order valence-electron chi connectivity index (χ2n) is 6.91. The topological polar surface area (TPSA) is 79.3 Å². The van der Waals surface area contributed by atoms with Gasteiger partial charge in [0, 0.05) is 38.8 Å². The molecule has 1 saturated heterocycles. The first-order valence-corrected chi connectivity index (χ1v) is 9.84. The van der Waals surface area contributed by atoms with Crippen molar-refractivity contribution >= 4 is 17.7 Å². The van der Waals surface area contributed by atoms with E-state index >= 15 is 0 Å². The standard InChI is InChI=1S/C21H25N7O/c1-3-18-23-20(26-21(24-18)28-14-12-27(2)13-15-28)25-19-17(10-7-11-22-19)29-16-8-5-4-6-9-16/h4-11H,3,12-15H2,1-2H3,(H,22,23,24,25,26). The molecular formula is C21H25N7O. The molecule has 29 heavy (non-hydrogen) atoms. The summed E-state index contributed by atoms with van der Waals surface area (Å²) in [6.07, 6.45) is 2.44. The normalized spacial score (nSPS) is 14.6. The predicted molar refractivity (Wildman–Crippen MR) is 113 cm³/mol. The van der Waals surface area contributed by atoms with Gasteiger partial charge in [-0.15, -0.1) is 0 Å². The van der Waals surface area contributed by atoms with Gasteiger partial charge in [-0.1, -0.05) is 25.1 Å². The molecule has 3 heterocycles.